The maximum Gasteiger partial charge on any atom is 0.323 e. The van der Waals surface area contributed by atoms with Gasteiger partial charge in [0.1, 0.15) is 6.54 Å². The van der Waals surface area contributed by atoms with Crippen LogP contribution in [0.4, 0.5) is 0 Å². The second-order valence-corrected chi connectivity index (χ2v) is 5.89. The highest BCUT2D eigenvalue weighted by atomic mass is 35.5. The lowest BCUT2D eigenvalue weighted by Gasteiger charge is -2.24. The van der Waals surface area contributed by atoms with Gasteiger partial charge in [0, 0.05) is 11.1 Å². The number of halogens is 1. The van der Waals surface area contributed by atoms with Crippen molar-refractivity contribution < 1.29 is 14.7 Å². The van der Waals surface area contributed by atoms with Crippen molar-refractivity contribution in [2.45, 2.75) is 26.8 Å². The van der Waals surface area contributed by atoms with E-state index in [4.69, 9.17) is 16.7 Å². The van der Waals surface area contributed by atoms with E-state index in [0.29, 0.717) is 16.3 Å². The molecule has 1 amide bonds. The van der Waals surface area contributed by atoms with Gasteiger partial charge in [-0.2, -0.15) is 5.10 Å². The van der Waals surface area contributed by atoms with E-state index in [1.807, 2.05) is 0 Å². The van der Waals surface area contributed by atoms with Gasteiger partial charge < -0.3 is 10.0 Å². The predicted octanol–water partition coefficient (Wildman–Crippen LogP) is 2.77. The van der Waals surface area contributed by atoms with Crippen LogP contribution in [-0.2, 0) is 4.79 Å². The molecule has 2 rings (SSSR count). The summed E-state index contributed by atoms with van der Waals surface area (Å²) in [5, 5.41) is 13.8. The monoisotopic (exact) mass is 335 g/mol. The minimum absolute atomic E-state index is 0.225. The van der Waals surface area contributed by atoms with E-state index in [9.17, 15) is 9.59 Å². The zero-order valence-electron chi connectivity index (χ0n) is 13.2. The Morgan fingerprint density at radius 2 is 1.91 bits per heavy atom. The minimum Gasteiger partial charge on any atom is -0.480 e. The molecule has 0 unspecified atom stereocenters. The fourth-order valence-electron chi connectivity index (χ4n) is 2.25. The van der Waals surface area contributed by atoms with Gasteiger partial charge in [-0.05, 0) is 45.0 Å². The molecule has 0 saturated carbocycles. The molecular weight excluding hydrogens is 318 g/mol. The summed E-state index contributed by atoms with van der Waals surface area (Å²) in [6, 6.07) is 6.86. The average Bonchev–Trinajstić information content (AvgIpc) is 2.86. The van der Waals surface area contributed by atoms with Crippen LogP contribution >= 0.6 is 11.6 Å². The van der Waals surface area contributed by atoms with Crippen LogP contribution in [0.2, 0.25) is 5.02 Å². The molecule has 0 fully saturated rings. The van der Waals surface area contributed by atoms with Crippen LogP contribution in [0.3, 0.4) is 0 Å². The lowest BCUT2D eigenvalue weighted by Crippen LogP contribution is -2.40. The van der Waals surface area contributed by atoms with Crippen LogP contribution in [-0.4, -0.2) is 44.3 Å². The lowest BCUT2D eigenvalue weighted by atomic mass is 10.2. The van der Waals surface area contributed by atoms with Gasteiger partial charge in [-0.25, -0.2) is 4.68 Å². The Balaban J connectivity index is 2.35. The molecule has 1 aromatic carbocycles. The standard InChI is InChI=1S/C16H18ClN3O3/c1-10(2)19(9-15(21)22)16(23)14-8-18-20(11(14)3)13-6-4-12(17)5-7-13/h4-8,10H,9H2,1-3H3,(H,21,22). The zero-order chi connectivity index (χ0) is 17.1. The molecule has 0 atom stereocenters. The van der Waals surface area contributed by atoms with Gasteiger partial charge in [-0.15, -0.1) is 0 Å². The smallest absolute Gasteiger partial charge is 0.323 e. The number of carboxylic acids is 1. The van der Waals surface area contributed by atoms with E-state index in [1.54, 1.807) is 49.7 Å². The second kappa shape index (κ2) is 6.83. The first-order valence-electron chi connectivity index (χ1n) is 7.14. The van der Waals surface area contributed by atoms with Crippen molar-refractivity contribution in [3.05, 3.63) is 46.7 Å². The first-order chi connectivity index (χ1) is 10.8. The van der Waals surface area contributed by atoms with E-state index < -0.39 is 5.97 Å². The first-order valence-corrected chi connectivity index (χ1v) is 7.52. The van der Waals surface area contributed by atoms with E-state index in [0.717, 1.165) is 5.69 Å². The third-order valence-corrected chi connectivity index (χ3v) is 3.75. The van der Waals surface area contributed by atoms with E-state index in [1.165, 1.54) is 11.1 Å². The summed E-state index contributed by atoms with van der Waals surface area (Å²) in [7, 11) is 0. The van der Waals surface area contributed by atoms with Crippen molar-refractivity contribution in [1.29, 1.82) is 0 Å². The molecule has 7 heteroatoms. The molecule has 6 nitrogen and oxygen atoms in total. The normalized spacial score (nSPS) is 10.8. The number of carbonyl (C=O) groups excluding carboxylic acids is 1. The Morgan fingerprint density at radius 1 is 1.30 bits per heavy atom. The summed E-state index contributed by atoms with van der Waals surface area (Å²) < 4.78 is 1.63. The third kappa shape index (κ3) is 3.71. The summed E-state index contributed by atoms with van der Waals surface area (Å²) in [5.41, 5.74) is 1.81. The number of hydrogen-bond donors (Lipinski definition) is 1. The van der Waals surface area contributed by atoms with E-state index in [2.05, 4.69) is 5.10 Å². The zero-order valence-corrected chi connectivity index (χ0v) is 13.9. The van der Waals surface area contributed by atoms with Crippen molar-refractivity contribution in [2.24, 2.45) is 0 Å². The molecule has 122 valence electrons. The number of hydrogen-bond acceptors (Lipinski definition) is 3. The summed E-state index contributed by atoms with van der Waals surface area (Å²) in [6.07, 6.45) is 1.46. The van der Waals surface area contributed by atoms with Gasteiger partial charge in [0.25, 0.3) is 5.91 Å². The molecule has 0 bridgehead atoms. The quantitative estimate of drug-likeness (QED) is 0.911. The minimum atomic E-state index is -1.05. The molecule has 1 N–H and O–H groups in total. The fourth-order valence-corrected chi connectivity index (χ4v) is 2.38. The van der Waals surface area contributed by atoms with Crippen molar-refractivity contribution >= 4 is 23.5 Å². The summed E-state index contributed by atoms with van der Waals surface area (Å²) in [6.45, 7) is 4.98. The number of carboxylic acid groups (broad SMARTS) is 1. The largest absolute Gasteiger partial charge is 0.480 e. The Bertz CT molecular complexity index is 723. The Kier molecular flexibility index (Phi) is 5.05. The van der Waals surface area contributed by atoms with Gasteiger partial charge in [0.15, 0.2) is 0 Å². The number of benzene rings is 1. The summed E-state index contributed by atoms with van der Waals surface area (Å²) >= 11 is 5.87. The lowest BCUT2D eigenvalue weighted by molar-refractivity contribution is -0.138. The van der Waals surface area contributed by atoms with E-state index in [-0.39, 0.29) is 18.5 Å². The van der Waals surface area contributed by atoms with Crippen LogP contribution in [0.25, 0.3) is 5.69 Å². The van der Waals surface area contributed by atoms with Crippen LogP contribution in [0.15, 0.2) is 30.5 Å². The Hall–Kier alpha value is -2.34. The van der Waals surface area contributed by atoms with Gasteiger partial charge in [-0.1, -0.05) is 11.6 Å². The number of amides is 1. The molecule has 0 aliphatic heterocycles. The van der Waals surface area contributed by atoms with Crippen molar-refractivity contribution in [3.8, 4) is 5.69 Å². The summed E-state index contributed by atoms with van der Waals surface area (Å²) in [4.78, 5) is 24.9. The van der Waals surface area contributed by atoms with E-state index >= 15 is 0 Å². The van der Waals surface area contributed by atoms with Crippen LogP contribution in [0.1, 0.15) is 29.9 Å². The van der Waals surface area contributed by atoms with Crippen molar-refractivity contribution in [3.63, 3.8) is 0 Å². The number of carbonyl (C=O) groups is 2. The highest BCUT2D eigenvalue weighted by Gasteiger charge is 2.25. The molecule has 0 aliphatic rings. The molecule has 23 heavy (non-hydrogen) atoms. The number of aromatic nitrogens is 2. The molecular formula is C16H18ClN3O3. The van der Waals surface area contributed by atoms with Crippen LogP contribution < -0.4 is 0 Å². The second-order valence-electron chi connectivity index (χ2n) is 5.45. The maximum absolute atomic E-state index is 12.6. The highest BCUT2D eigenvalue weighted by molar-refractivity contribution is 6.30. The molecule has 0 radical (unpaired) electrons. The fraction of sp³-hybridized carbons (Fsp3) is 0.312. The molecule has 2 aromatic rings. The third-order valence-electron chi connectivity index (χ3n) is 3.50. The molecule has 0 saturated heterocycles. The summed E-state index contributed by atoms with van der Waals surface area (Å²) in [5.74, 6) is -1.39. The van der Waals surface area contributed by atoms with Crippen molar-refractivity contribution in [1.82, 2.24) is 14.7 Å². The van der Waals surface area contributed by atoms with Gasteiger partial charge >= 0.3 is 5.97 Å². The van der Waals surface area contributed by atoms with Crippen molar-refractivity contribution in [2.75, 3.05) is 6.54 Å². The van der Waals surface area contributed by atoms with Gasteiger partial charge in [0.2, 0.25) is 0 Å². The average molecular weight is 336 g/mol. The molecule has 1 aromatic heterocycles. The number of aliphatic carboxylic acids is 1. The highest BCUT2D eigenvalue weighted by Crippen LogP contribution is 2.18. The van der Waals surface area contributed by atoms with Gasteiger partial charge in [-0.3, -0.25) is 9.59 Å². The van der Waals surface area contributed by atoms with Crippen LogP contribution in [0, 0.1) is 6.92 Å². The van der Waals surface area contributed by atoms with Crippen LogP contribution in [0.5, 0.6) is 0 Å². The maximum atomic E-state index is 12.6. The van der Waals surface area contributed by atoms with Gasteiger partial charge in [0.05, 0.1) is 23.1 Å². The molecule has 0 aliphatic carbocycles. The molecule has 0 spiro atoms. The first kappa shape index (κ1) is 17.0. The SMILES string of the molecule is Cc1c(C(=O)N(CC(=O)O)C(C)C)cnn1-c1ccc(Cl)cc1. The Labute approximate surface area is 139 Å². The number of nitrogens with zero attached hydrogens (tertiary/aromatic N) is 3. The molecule has 1 heterocycles. The predicted molar refractivity (Wildman–Crippen MR) is 87.1 cm³/mol. The number of rotatable bonds is 5. The Morgan fingerprint density at radius 3 is 2.43 bits per heavy atom. The topological polar surface area (TPSA) is 75.4 Å².